The summed E-state index contributed by atoms with van der Waals surface area (Å²) >= 11 is 13.9. The lowest BCUT2D eigenvalue weighted by Crippen LogP contribution is -1.98. The number of thioether (sulfide) groups is 1. The standard InChI is InChI=1S/C17H14Cl2N2S/c1-12-2-6-14(7-3-12)21-11-20-17(19)16(21)10-22-15-8-4-13(18)5-9-15/h2-9,11H,10H2,1H3. The van der Waals surface area contributed by atoms with Crippen LogP contribution < -0.4 is 0 Å². The average Bonchev–Trinajstić information content (AvgIpc) is 2.89. The highest BCUT2D eigenvalue weighted by Gasteiger charge is 2.11. The summed E-state index contributed by atoms with van der Waals surface area (Å²) in [6, 6.07) is 16.1. The molecule has 0 spiro atoms. The molecule has 0 fully saturated rings. The Morgan fingerprint density at radius 1 is 1.00 bits per heavy atom. The normalized spacial score (nSPS) is 10.9. The molecule has 0 N–H and O–H groups in total. The van der Waals surface area contributed by atoms with Crippen molar-refractivity contribution >= 4 is 35.0 Å². The molecule has 22 heavy (non-hydrogen) atoms. The highest BCUT2D eigenvalue weighted by atomic mass is 35.5. The van der Waals surface area contributed by atoms with E-state index in [0.29, 0.717) is 5.15 Å². The van der Waals surface area contributed by atoms with E-state index in [0.717, 1.165) is 27.1 Å². The number of aryl methyl sites for hydroxylation is 1. The highest BCUT2D eigenvalue weighted by Crippen LogP contribution is 2.28. The van der Waals surface area contributed by atoms with Crippen LogP contribution in [-0.2, 0) is 5.75 Å². The fourth-order valence-corrected chi connectivity index (χ4v) is 3.41. The predicted molar refractivity (Wildman–Crippen MR) is 94.3 cm³/mol. The molecule has 0 saturated heterocycles. The first-order valence-corrected chi connectivity index (χ1v) is 8.55. The molecule has 0 aliphatic carbocycles. The Bertz CT molecular complexity index is 764. The third-order valence-corrected chi connectivity index (χ3v) is 4.91. The average molecular weight is 349 g/mol. The maximum atomic E-state index is 6.25. The van der Waals surface area contributed by atoms with Gasteiger partial charge < -0.3 is 4.57 Å². The number of benzene rings is 2. The number of aromatic nitrogens is 2. The monoisotopic (exact) mass is 348 g/mol. The van der Waals surface area contributed by atoms with Crippen molar-refractivity contribution < 1.29 is 0 Å². The second-order valence-corrected chi connectivity index (χ2v) is 6.77. The van der Waals surface area contributed by atoms with Crippen molar-refractivity contribution in [2.45, 2.75) is 17.6 Å². The summed E-state index contributed by atoms with van der Waals surface area (Å²) in [5, 5.41) is 1.29. The topological polar surface area (TPSA) is 17.8 Å². The summed E-state index contributed by atoms with van der Waals surface area (Å²) in [5.74, 6) is 0.744. The summed E-state index contributed by atoms with van der Waals surface area (Å²) in [4.78, 5) is 5.39. The van der Waals surface area contributed by atoms with Crippen molar-refractivity contribution in [3.8, 4) is 5.69 Å². The Morgan fingerprint density at radius 3 is 2.36 bits per heavy atom. The number of hydrogen-bond acceptors (Lipinski definition) is 2. The zero-order chi connectivity index (χ0) is 15.5. The molecule has 0 radical (unpaired) electrons. The first-order valence-electron chi connectivity index (χ1n) is 6.80. The molecule has 2 aromatic carbocycles. The minimum absolute atomic E-state index is 0.544. The molecule has 2 nitrogen and oxygen atoms in total. The summed E-state index contributed by atoms with van der Waals surface area (Å²) in [6.07, 6.45) is 1.77. The van der Waals surface area contributed by atoms with Crippen molar-refractivity contribution in [3.05, 3.63) is 76.3 Å². The lowest BCUT2D eigenvalue weighted by molar-refractivity contribution is 0.993. The number of rotatable bonds is 4. The number of halogens is 2. The Labute approximate surface area is 144 Å². The van der Waals surface area contributed by atoms with Gasteiger partial charge in [0.25, 0.3) is 0 Å². The van der Waals surface area contributed by atoms with Crippen LogP contribution in [0.3, 0.4) is 0 Å². The molecule has 0 atom stereocenters. The van der Waals surface area contributed by atoms with Gasteiger partial charge in [0, 0.05) is 21.4 Å². The van der Waals surface area contributed by atoms with Crippen LogP contribution in [0.2, 0.25) is 10.2 Å². The lowest BCUT2D eigenvalue weighted by Gasteiger charge is -2.09. The summed E-state index contributed by atoms with van der Waals surface area (Å²) in [5.41, 5.74) is 3.29. The van der Waals surface area contributed by atoms with Crippen molar-refractivity contribution in [2.24, 2.45) is 0 Å². The molecule has 5 heteroatoms. The quantitative estimate of drug-likeness (QED) is 0.556. The third-order valence-electron chi connectivity index (χ3n) is 3.32. The molecule has 3 aromatic rings. The smallest absolute Gasteiger partial charge is 0.151 e. The van der Waals surface area contributed by atoms with Crippen molar-refractivity contribution in [2.75, 3.05) is 0 Å². The second kappa shape index (κ2) is 6.78. The van der Waals surface area contributed by atoms with E-state index in [4.69, 9.17) is 23.2 Å². The van der Waals surface area contributed by atoms with Gasteiger partial charge in [-0.25, -0.2) is 4.98 Å². The summed E-state index contributed by atoms with van der Waals surface area (Å²) in [7, 11) is 0. The Balaban J connectivity index is 1.83. The first-order chi connectivity index (χ1) is 10.6. The summed E-state index contributed by atoms with van der Waals surface area (Å²) in [6.45, 7) is 2.07. The zero-order valence-corrected chi connectivity index (χ0v) is 14.3. The maximum absolute atomic E-state index is 6.25. The molecule has 0 bridgehead atoms. The number of hydrogen-bond donors (Lipinski definition) is 0. The van der Waals surface area contributed by atoms with Gasteiger partial charge in [0.05, 0.1) is 5.69 Å². The highest BCUT2D eigenvalue weighted by molar-refractivity contribution is 7.98. The van der Waals surface area contributed by atoms with Crippen molar-refractivity contribution in [1.29, 1.82) is 0 Å². The van der Waals surface area contributed by atoms with E-state index in [1.807, 2.05) is 28.8 Å². The van der Waals surface area contributed by atoms with Crippen LogP contribution in [0, 0.1) is 6.92 Å². The number of nitrogens with zero attached hydrogens (tertiary/aromatic N) is 2. The van der Waals surface area contributed by atoms with E-state index in [9.17, 15) is 0 Å². The molecular weight excluding hydrogens is 335 g/mol. The fraction of sp³-hybridized carbons (Fsp3) is 0.118. The Kier molecular flexibility index (Phi) is 4.77. The largest absolute Gasteiger partial charge is 0.301 e. The van der Waals surface area contributed by atoms with Gasteiger partial charge in [0.15, 0.2) is 5.15 Å². The third kappa shape index (κ3) is 3.49. The number of imidazole rings is 1. The van der Waals surface area contributed by atoms with Gasteiger partial charge in [-0.1, -0.05) is 40.9 Å². The van der Waals surface area contributed by atoms with Gasteiger partial charge in [0.1, 0.15) is 6.33 Å². The molecule has 0 amide bonds. The van der Waals surface area contributed by atoms with Crippen LogP contribution in [-0.4, -0.2) is 9.55 Å². The fourth-order valence-electron chi connectivity index (χ4n) is 2.09. The minimum atomic E-state index is 0.544. The van der Waals surface area contributed by atoms with Gasteiger partial charge in [-0.15, -0.1) is 11.8 Å². The molecule has 1 aromatic heterocycles. The van der Waals surface area contributed by atoms with E-state index < -0.39 is 0 Å². The van der Waals surface area contributed by atoms with Gasteiger partial charge in [-0.3, -0.25) is 0 Å². The van der Waals surface area contributed by atoms with E-state index >= 15 is 0 Å². The van der Waals surface area contributed by atoms with E-state index in [1.165, 1.54) is 5.56 Å². The van der Waals surface area contributed by atoms with Gasteiger partial charge in [-0.05, 0) is 43.3 Å². The molecule has 1 heterocycles. The van der Waals surface area contributed by atoms with E-state index in [1.54, 1.807) is 18.1 Å². The van der Waals surface area contributed by atoms with Crippen molar-refractivity contribution in [1.82, 2.24) is 9.55 Å². The summed E-state index contributed by atoms with van der Waals surface area (Å²) < 4.78 is 2.03. The van der Waals surface area contributed by atoms with E-state index in [-0.39, 0.29) is 0 Å². The van der Waals surface area contributed by atoms with Crippen molar-refractivity contribution in [3.63, 3.8) is 0 Å². The van der Waals surface area contributed by atoms with Crippen LogP contribution in [0.5, 0.6) is 0 Å². The first kappa shape index (κ1) is 15.5. The van der Waals surface area contributed by atoms with Crippen LogP contribution in [0.1, 0.15) is 11.3 Å². The predicted octanol–water partition coefficient (Wildman–Crippen LogP) is 5.78. The minimum Gasteiger partial charge on any atom is -0.301 e. The molecule has 3 rings (SSSR count). The molecule has 0 unspecified atom stereocenters. The molecular formula is C17H14Cl2N2S. The van der Waals surface area contributed by atoms with Crippen LogP contribution >= 0.6 is 35.0 Å². The maximum Gasteiger partial charge on any atom is 0.151 e. The molecule has 0 aliphatic rings. The van der Waals surface area contributed by atoms with Crippen LogP contribution in [0.15, 0.2) is 59.8 Å². The van der Waals surface area contributed by atoms with E-state index in [2.05, 4.69) is 36.2 Å². The lowest BCUT2D eigenvalue weighted by atomic mass is 10.2. The Hall–Kier alpha value is -1.42. The molecule has 0 saturated carbocycles. The van der Waals surface area contributed by atoms with Gasteiger partial charge >= 0.3 is 0 Å². The molecule has 112 valence electrons. The van der Waals surface area contributed by atoms with Gasteiger partial charge in [0.2, 0.25) is 0 Å². The second-order valence-electron chi connectivity index (χ2n) is 4.93. The Morgan fingerprint density at radius 2 is 1.68 bits per heavy atom. The van der Waals surface area contributed by atoms with Crippen LogP contribution in [0.25, 0.3) is 5.69 Å². The SMILES string of the molecule is Cc1ccc(-n2cnc(Cl)c2CSc2ccc(Cl)cc2)cc1. The van der Waals surface area contributed by atoms with Gasteiger partial charge in [-0.2, -0.15) is 0 Å². The molecule has 0 aliphatic heterocycles. The van der Waals surface area contributed by atoms with Crippen LogP contribution in [0.4, 0.5) is 0 Å². The zero-order valence-electron chi connectivity index (χ0n) is 12.0.